The van der Waals surface area contributed by atoms with Crippen molar-refractivity contribution in [2.45, 2.75) is 19.0 Å². The van der Waals surface area contributed by atoms with Crippen molar-refractivity contribution in [3.05, 3.63) is 147 Å². The highest BCUT2D eigenvalue weighted by molar-refractivity contribution is 6.34. The lowest BCUT2D eigenvalue weighted by atomic mass is 9.98. The summed E-state index contributed by atoms with van der Waals surface area (Å²) < 4.78 is 147. The van der Waals surface area contributed by atoms with Gasteiger partial charge >= 0.3 is 6.11 Å². The Bertz CT molecular complexity index is 1970. The van der Waals surface area contributed by atoms with E-state index < -0.39 is 69.0 Å². The molecule has 5 aromatic carbocycles. The van der Waals surface area contributed by atoms with E-state index in [1.807, 2.05) is 0 Å². The van der Waals surface area contributed by atoms with Crippen LogP contribution in [-0.2, 0) is 12.5 Å². The van der Waals surface area contributed by atoms with Gasteiger partial charge in [0.05, 0.1) is 5.02 Å². The first-order valence-electron chi connectivity index (χ1n) is 13.8. The highest BCUT2D eigenvalue weighted by Gasteiger charge is 2.41. The van der Waals surface area contributed by atoms with E-state index in [0.29, 0.717) is 23.8 Å². The molecule has 0 bridgehead atoms. The Morgan fingerprint density at radius 1 is 0.625 bits per heavy atom. The van der Waals surface area contributed by atoms with E-state index in [9.17, 15) is 26.3 Å². The Morgan fingerprint density at radius 2 is 1.21 bits per heavy atom. The maximum Gasteiger partial charge on any atom is 0.432 e. The van der Waals surface area contributed by atoms with E-state index in [0.717, 1.165) is 42.5 Å². The fourth-order valence-electron chi connectivity index (χ4n) is 4.93. The maximum atomic E-state index is 15.1. The summed E-state index contributed by atoms with van der Waals surface area (Å²) in [4.78, 5) is 0. The van der Waals surface area contributed by atoms with Crippen molar-refractivity contribution in [1.82, 2.24) is 0 Å². The van der Waals surface area contributed by atoms with Gasteiger partial charge < -0.3 is 4.74 Å². The highest BCUT2D eigenvalue weighted by Crippen LogP contribution is 2.40. The molecule has 0 fully saturated rings. The van der Waals surface area contributed by atoms with Crippen LogP contribution < -0.4 is 4.74 Å². The van der Waals surface area contributed by atoms with E-state index in [-0.39, 0.29) is 45.7 Å². The van der Waals surface area contributed by atoms with E-state index in [4.69, 9.17) is 23.2 Å². The normalized spacial score (nSPS) is 11.5. The number of alkyl halides is 2. The minimum Gasteiger partial charge on any atom is -0.429 e. The van der Waals surface area contributed by atoms with Crippen molar-refractivity contribution in [2.24, 2.45) is 0 Å². The third kappa shape index (κ3) is 7.47. The van der Waals surface area contributed by atoms with Crippen molar-refractivity contribution in [1.29, 1.82) is 0 Å². The number of benzene rings is 5. The Morgan fingerprint density at radius 3 is 1.77 bits per heavy atom. The smallest absolute Gasteiger partial charge is 0.429 e. The summed E-state index contributed by atoms with van der Waals surface area (Å²) in [7, 11) is 0. The van der Waals surface area contributed by atoms with Crippen LogP contribution in [0.15, 0.2) is 91.0 Å². The molecule has 5 rings (SSSR count). The fraction of sp³-hybridized carbons (Fsp3) is 0.0857. The van der Waals surface area contributed by atoms with Gasteiger partial charge in [-0.1, -0.05) is 47.5 Å². The van der Waals surface area contributed by atoms with Crippen molar-refractivity contribution < 1.29 is 48.6 Å². The first kappa shape index (κ1) is 34.8. The molecule has 0 unspecified atom stereocenters. The van der Waals surface area contributed by atoms with Crippen molar-refractivity contribution in [3.8, 4) is 39.1 Å². The standard InChI is InChI=1S/C35H18Cl2F10O/c36-24-10-20(13-26(39)32(24)21-14-29(42)34(37)30(43)15-21)23-9-8-22(16-25(23)38)48-35(46,47)33-27(40)11-19(12-28(33)41)18-6-4-17(5-7-18)2-1-3-31(44)45/h3-16H,1-2H2. The van der Waals surface area contributed by atoms with Gasteiger partial charge in [0.1, 0.15) is 51.2 Å². The summed E-state index contributed by atoms with van der Waals surface area (Å²) in [5.41, 5.74) is -2.15. The lowest BCUT2D eigenvalue weighted by Crippen LogP contribution is -2.25. The third-order valence-corrected chi connectivity index (χ3v) is 7.82. The molecule has 0 N–H and O–H groups in total. The summed E-state index contributed by atoms with van der Waals surface area (Å²) in [6, 6.07) is 12.9. The molecule has 248 valence electrons. The number of aryl methyl sites for hydroxylation is 1. The van der Waals surface area contributed by atoms with Gasteiger partial charge in [-0.05, 0) is 95.3 Å². The second-order valence-electron chi connectivity index (χ2n) is 10.4. The van der Waals surface area contributed by atoms with Crippen molar-refractivity contribution in [2.75, 3.05) is 0 Å². The molecule has 0 saturated carbocycles. The topological polar surface area (TPSA) is 9.23 Å². The van der Waals surface area contributed by atoms with Crippen molar-refractivity contribution >= 4 is 23.2 Å². The molecule has 1 nitrogen and oxygen atoms in total. The summed E-state index contributed by atoms with van der Waals surface area (Å²) in [5, 5.41) is -1.18. The van der Waals surface area contributed by atoms with Crippen LogP contribution >= 0.6 is 23.2 Å². The van der Waals surface area contributed by atoms with Crippen LogP contribution in [0.5, 0.6) is 5.75 Å². The quantitative estimate of drug-likeness (QED) is 0.109. The Kier molecular flexibility index (Phi) is 10.1. The Hall–Kier alpha value is -4.48. The van der Waals surface area contributed by atoms with Gasteiger partial charge in [-0.3, -0.25) is 0 Å². The van der Waals surface area contributed by atoms with Crippen LogP contribution in [0, 0.1) is 34.9 Å². The summed E-state index contributed by atoms with van der Waals surface area (Å²) in [6.45, 7) is 0. The SMILES string of the molecule is FC(F)=CCCc1ccc(-c2cc(F)c(C(F)(F)Oc3ccc(-c4cc(F)c(-c5cc(F)c(Cl)c(F)c5)c(Cl)c4)c(F)c3)c(F)c2)cc1. The highest BCUT2D eigenvalue weighted by atomic mass is 35.5. The summed E-state index contributed by atoms with van der Waals surface area (Å²) in [5.74, 6) is -8.81. The fourth-order valence-corrected chi connectivity index (χ4v) is 5.35. The van der Waals surface area contributed by atoms with Crippen LogP contribution in [0.1, 0.15) is 17.5 Å². The van der Waals surface area contributed by atoms with E-state index in [1.54, 1.807) is 0 Å². The molecule has 0 aromatic heterocycles. The molecule has 0 spiro atoms. The van der Waals surface area contributed by atoms with Gasteiger partial charge in [0.25, 0.3) is 6.08 Å². The monoisotopic (exact) mass is 714 g/mol. The number of ether oxygens (including phenoxy) is 1. The van der Waals surface area contributed by atoms with Gasteiger partial charge in [0, 0.05) is 17.2 Å². The Balaban J connectivity index is 1.37. The van der Waals surface area contributed by atoms with Gasteiger partial charge in [-0.15, -0.1) is 0 Å². The van der Waals surface area contributed by atoms with E-state index >= 15 is 17.6 Å². The third-order valence-electron chi connectivity index (χ3n) is 7.16. The van der Waals surface area contributed by atoms with Crippen LogP contribution in [0.3, 0.4) is 0 Å². The Labute approximate surface area is 276 Å². The number of hydrogen-bond acceptors (Lipinski definition) is 1. The van der Waals surface area contributed by atoms with Crippen LogP contribution in [0.25, 0.3) is 33.4 Å². The zero-order valence-electron chi connectivity index (χ0n) is 23.9. The minimum absolute atomic E-state index is 0.0684. The predicted octanol–water partition coefficient (Wildman–Crippen LogP) is 12.7. The lowest BCUT2D eigenvalue weighted by molar-refractivity contribution is -0.189. The van der Waals surface area contributed by atoms with E-state index in [2.05, 4.69) is 4.74 Å². The average Bonchev–Trinajstić information content (AvgIpc) is 2.99. The second-order valence-corrected chi connectivity index (χ2v) is 11.2. The molecule has 0 atom stereocenters. The molecule has 0 saturated heterocycles. The molecular formula is C35H18Cl2F10O. The van der Waals surface area contributed by atoms with Crippen LogP contribution in [-0.4, -0.2) is 0 Å². The minimum atomic E-state index is -4.62. The van der Waals surface area contributed by atoms with Gasteiger partial charge in [-0.2, -0.15) is 17.6 Å². The number of rotatable bonds is 9. The van der Waals surface area contributed by atoms with Crippen LogP contribution in [0.2, 0.25) is 10.0 Å². The second kappa shape index (κ2) is 13.9. The molecule has 0 amide bonds. The zero-order valence-corrected chi connectivity index (χ0v) is 25.5. The first-order chi connectivity index (χ1) is 22.6. The predicted molar refractivity (Wildman–Crippen MR) is 162 cm³/mol. The maximum absolute atomic E-state index is 15.1. The lowest BCUT2D eigenvalue weighted by Gasteiger charge is -2.20. The molecule has 13 heteroatoms. The molecule has 0 aliphatic rings. The number of halogens is 12. The first-order valence-corrected chi connectivity index (χ1v) is 14.5. The van der Waals surface area contributed by atoms with Gasteiger partial charge in [-0.25, -0.2) is 26.3 Å². The number of hydrogen-bond donors (Lipinski definition) is 0. The molecule has 5 aromatic rings. The van der Waals surface area contributed by atoms with E-state index in [1.165, 1.54) is 24.3 Å². The molecule has 0 radical (unpaired) electrons. The van der Waals surface area contributed by atoms with Gasteiger partial charge in [0.2, 0.25) is 0 Å². The molecular weight excluding hydrogens is 697 g/mol. The molecule has 0 aliphatic heterocycles. The summed E-state index contributed by atoms with van der Waals surface area (Å²) >= 11 is 11.6. The summed E-state index contributed by atoms with van der Waals surface area (Å²) in [6.07, 6.45) is -5.35. The molecule has 0 aliphatic carbocycles. The largest absolute Gasteiger partial charge is 0.432 e. The number of allylic oxidation sites excluding steroid dienone is 1. The molecule has 48 heavy (non-hydrogen) atoms. The zero-order chi connectivity index (χ0) is 34.9. The van der Waals surface area contributed by atoms with Crippen LogP contribution in [0.4, 0.5) is 43.9 Å². The van der Waals surface area contributed by atoms with Crippen molar-refractivity contribution in [3.63, 3.8) is 0 Å². The average molecular weight is 715 g/mol. The van der Waals surface area contributed by atoms with Gasteiger partial charge in [0.15, 0.2) is 0 Å². The molecule has 0 heterocycles.